The van der Waals surface area contributed by atoms with Crippen molar-refractivity contribution >= 4 is 41.1 Å². The van der Waals surface area contributed by atoms with Crippen LogP contribution in [0.1, 0.15) is 31.0 Å². The van der Waals surface area contributed by atoms with Gasteiger partial charge in [-0.25, -0.2) is 9.79 Å². The number of hydrogen-bond acceptors (Lipinski definition) is 5. The van der Waals surface area contributed by atoms with Crippen LogP contribution in [0.4, 0.5) is 0 Å². The van der Waals surface area contributed by atoms with E-state index in [4.69, 9.17) is 16.3 Å². The Bertz CT molecular complexity index is 1400. The first-order valence-corrected chi connectivity index (χ1v) is 11.4. The first-order chi connectivity index (χ1) is 15.5. The molecule has 1 atom stereocenters. The Morgan fingerprint density at radius 1 is 1.19 bits per heavy atom. The van der Waals surface area contributed by atoms with Gasteiger partial charge < -0.3 is 4.74 Å². The van der Waals surface area contributed by atoms with Crippen LogP contribution in [0, 0.1) is 0 Å². The van der Waals surface area contributed by atoms with E-state index in [1.807, 2.05) is 60.7 Å². The van der Waals surface area contributed by atoms with E-state index in [-0.39, 0.29) is 12.2 Å². The number of aromatic nitrogens is 1. The van der Waals surface area contributed by atoms with Crippen LogP contribution in [0.5, 0.6) is 0 Å². The summed E-state index contributed by atoms with van der Waals surface area (Å²) in [7, 11) is 0. The van der Waals surface area contributed by atoms with Crippen molar-refractivity contribution in [2.75, 3.05) is 6.61 Å². The summed E-state index contributed by atoms with van der Waals surface area (Å²) in [5.74, 6) is -0.475. The maximum absolute atomic E-state index is 13.4. The maximum atomic E-state index is 13.4. The number of fused-ring (bicyclic) bond motifs is 1. The van der Waals surface area contributed by atoms with E-state index in [2.05, 4.69) is 4.99 Å². The largest absolute Gasteiger partial charge is 0.463 e. The third-order valence-electron chi connectivity index (χ3n) is 5.02. The van der Waals surface area contributed by atoms with E-state index in [1.54, 1.807) is 30.6 Å². The molecule has 1 aliphatic heterocycles. The molecule has 162 valence electrons. The monoisotopic (exact) mass is 464 g/mol. The summed E-state index contributed by atoms with van der Waals surface area (Å²) in [4.78, 5) is 31.3. The van der Waals surface area contributed by atoms with Crippen LogP contribution >= 0.6 is 22.9 Å². The summed E-state index contributed by atoms with van der Waals surface area (Å²) in [5, 5.41) is 0.558. The Morgan fingerprint density at radius 2 is 1.91 bits per heavy atom. The zero-order valence-corrected chi connectivity index (χ0v) is 19.2. The molecule has 7 heteroatoms. The smallest absolute Gasteiger partial charge is 0.338 e. The summed E-state index contributed by atoms with van der Waals surface area (Å²) < 4.78 is 7.32. The van der Waals surface area contributed by atoms with Gasteiger partial charge in [0.1, 0.15) is 0 Å². The van der Waals surface area contributed by atoms with Gasteiger partial charge in [0.25, 0.3) is 5.56 Å². The van der Waals surface area contributed by atoms with E-state index < -0.39 is 12.0 Å². The van der Waals surface area contributed by atoms with Gasteiger partial charge in [-0.3, -0.25) is 9.36 Å². The highest BCUT2D eigenvalue weighted by molar-refractivity contribution is 7.07. The van der Waals surface area contributed by atoms with Gasteiger partial charge in [-0.05, 0) is 37.1 Å². The maximum Gasteiger partial charge on any atom is 0.338 e. The highest BCUT2D eigenvalue weighted by Crippen LogP contribution is 2.26. The predicted molar refractivity (Wildman–Crippen MR) is 128 cm³/mol. The van der Waals surface area contributed by atoms with Crippen molar-refractivity contribution in [2.45, 2.75) is 19.9 Å². The molecule has 2 heterocycles. The Balaban J connectivity index is 1.89. The van der Waals surface area contributed by atoms with Crippen LogP contribution in [0.3, 0.4) is 0 Å². The molecule has 0 fully saturated rings. The van der Waals surface area contributed by atoms with E-state index in [9.17, 15) is 9.59 Å². The molecule has 1 aromatic heterocycles. The molecule has 4 rings (SSSR count). The second-order valence-electron chi connectivity index (χ2n) is 7.14. The number of ether oxygens (including phenoxy) is 1. The molecule has 0 bridgehead atoms. The molecule has 5 nitrogen and oxygen atoms in total. The lowest BCUT2D eigenvalue weighted by molar-refractivity contribution is -0.139. The third kappa shape index (κ3) is 4.38. The van der Waals surface area contributed by atoms with Crippen molar-refractivity contribution in [3.8, 4) is 0 Å². The third-order valence-corrected chi connectivity index (χ3v) is 6.35. The fraction of sp³-hybridized carbons (Fsp3) is 0.160. The van der Waals surface area contributed by atoms with E-state index >= 15 is 0 Å². The summed E-state index contributed by atoms with van der Waals surface area (Å²) in [6, 6.07) is 16.4. The zero-order valence-electron chi connectivity index (χ0n) is 17.6. The summed E-state index contributed by atoms with van der Waals surface area (Å²) in [6.45, 7) is 3.75. The van der Waals surface area contributed by atoms with Crippen LogP contribution in [0.2, 0.25) is 5.02 Å². The second kappa shape index (κ2) is 9.51. The first kappa shape index (κ1) is 22.0. The molecule has 0 amide bonds. The topological polar surface area (TPSA) is 60.7 Å². The van der Waals surface area contributed by atoms with Crippen LogP contribution < -0.4 is 14.9 Å². The number of halogens is 1. The first-order valence-electron chi connectivity index (χ1n) is 10.2. The fourth-order valence-corrected chi connectivity index (χ4v) is 4.75. The molecular weight excluding hydrogens is 444 g/mol. The van der Waals surface area contributed by atoms with Crippen molar-refractivity contribution in [3.05, 3.63) is 108 Å². The second-order valence-corrected chi connectivity index (χ2v) is 8.55. The lowest BCUT2D eigenvalue weighted by atomic mass is 10.0. The number of nitrogens with zero attached hydrogens (tertiary/aromatic N) is 2. The van der Waals surface area contributed by atoms with Gasteiger partial charge in [0.15, 0.2) is 4.80 Å². The van der Waals surface area contributed by atoms with Gasteiger partial charge in [0, 0.05) is 5.02 Å². The minimum Gasteiger partial charge on any atom is -0.463 e. The predicted octanol–water partition coefficient (Wildman–Crippen LogP) is 4.12. The molecule has 0 saturated carbocycles. The summed E-state index contributed by atoms with van der Waals surface area (Å²) in [6.07, 6.45) is 5.50. The lowest BCUT2D eigenvalue weighted by Gasteiger charge is -2.21. The van der Waals surface area contributed by atoms with Crippen molar-refractivity contribution in [2.24, 2.45) is 4.99 Å². The minimum absolute atomic E-state index is 0.231. The van der Waals surface area contributed by atoms with Gasteiger partial charge in [0.2, 0.25) is 0 Å². The molecule has 2 aromatic carbocycles. The van der Waals surface area contributed by atoms with Crippen molar-refractivity contribution in [1.82, 2.24) is 4.57 Å². The molecule has 0 spiro atoms. The number of rotatable bonds is 5. The van der Waals surface area contributed by atoms with E-state index in [1.165, 1.54) is 11.3 Å². The lowest BCUT2D eigenvalue weighted by Crippen LogP contribution is -2.38. The van der Waals surface area contributed by atoms with Crippen LogP contribution in [0.15, 0.2) is 81.7 Å². The molecule has 1 aliphatic rings. The van der Waals surface area contributed by atoms with Crippen LogP contribution in [-0.4, -0.2) is 17.1 Å². The number of hydrogen-bond donors (Lipinski definition) is 0. The summed E-state index contributed by atoms with van der Waals surface area (Å²) >= 11 is 7.55. The van der Waals surface area contributed by atoms with Gasteiger partial charge >= 0.3 is 5.97 Å². The van der Waals surface area contributed by atoms with Crippen LogP contribution in [0.25, 0.3) is 12.2 Å². The highest BCUT2D eigenvalue weighted by atomic mass is 35.5. The molecule has 0 radical (unpaired) electrons. The molecule has 32 heavy (non-hydrogen) atoms. The van der Waals surface area contributed by atoms with E-state index in [0.717, 1.165) is 11.1 Å². The normalized spacial score (nSPS) is 16.2. The Hall–Kier alpha value is -3.22. The van der Waals surface area contributed by atoms with Crippen molar-refractivity contribution in [3.63, 3.8) is 0 Å². The molecular formula is C25H21ClN2O3S. The molecule has 0 N–H and O–H groups in total. The van der Waals surface area contributed by atoms with Crippen LogP contribution in [-0.2, 0) is 9.53 Å². The number of carbonyl (C=O) groups is 1. The Labute approximate surface area is 194 Å². The quantitative estimate of drug-likeness (QED) is 0.534. The number of thiazole rings is 1. The Kier molecular flexibility index (Phi) is 6.53. The fourth-order valence-electron chi connectivity index (χ4n) is 3.52. The van der Waals surface area contributed by atoms with E-state index in [0.29, 0.717) is 25.6 Å². The molecule has 0 saturated heterocycles. The van der Waals surface area contributed by atoms with Gasteiger partial charge in [-0.2, -0.15) is 0 Å². The standard InChI is InChI=1S/C25H21ClN2O3S/c1-3-31-24(30)22-16(2)27-25-28(20(22)14-13-17-9-5-4-6-10-17)23(29)21(32-25)15-18-11-7-8-12-19(18)26/h4-15,20H,3H2,1-2H3/b14-13+,21-15+/t20-/m1/s1. The number of esters is 1. The number of carbonyl (C=O) groups excluding carboxylic acids is 1. The van der Waals surface area contributed by atoms with Crippen molar-refractivity contribution in [1.29, 1.82) is 0 Å². The number of benzene rings is 2. The highest BCUT2D eigenvalue weighted by Gasteiger charge is 2.30. The SMILES string of the molecule is CCOC(=O)C1=C(C)N=c2s/c(=C/c3ccccc3Cl)c(=O)n2[C@@H]1/C=C/c1ccccc1. The Morgan fingerprint density at radius 3 is 2.62 bits per heavy atom. The van der Waals surface area contributed by atoms with Gasteiger partial charge in [0.05, 0.1) is 28.5 Å². The molecule has 3 aromatic rings. The average molecular weight is 465 g/mol. The average Bonchev–Trinajstić information content (AvgIpc) is 3.09. The van der Waals surface area contributed by atoms with Crippen molar-refractivity contribution < 1.29 is 9.53 Å². The van der Waals surface area contributed by atoms with Gasteiger partial charge in [-0.1, -0.05) is 83.6 Å². The summed E-state index contributed by atoms with van der Waals surface area (Å²) in [5.41, 5.74) is 2.37. The zero-order chi connectivity index (χ0) is 22.7. The molecule has 0 unspecified atom stereocenters. The molecule has 0 aliphatic carbocycles. The van der Waals surface area contributed by atoms with Gasteiger partial charge in [-0.15, -0.1) is 0 Å². The number of allylic oxidation sites excluding steroid dienone is 2. The minimum atomic E-state index is -0.626.